The number of nitrogens with zero attached hydrogens (tertiary/aromatic N) is 3. The molecule has 3 aliphatic rings. The van der Waals surface area contributed by atoms with Crippen LogP contribution in [0.5, 0.6) is 0 Å². The van der Waals surface area contributed by atoms with Crippen molar-refractivity contribution in [3.63, 3.8) is 0 Å². The Balaban J connectivity index is 0.000000126. The molecule has 6 aromatic rings. The van der Waals surface area contributed by atoms with Crippen molar-refractivity contribution in [3.05, 3.63) is 218 Å². The molecule has 3 aliphatic heterocycles. The summed E-state index contributed by atoms with van der Waals surface area (Å²) >= 11 is 0. The molecule has 0 radical (unpaired) electrons. The minimum absolute atomic E-state index is 0. The smallest absolute Gasteiger partial charge is 0.399 e. The van der Waals surface area contributed by atoms with Gasteiger partial charge in [-0.2, -0.15) is 18.2 Å². The third kappa shape index (κ3) is 7.85. The zero-order chi connectivity index (χ0) is 32.4. The summed E-state index contributed by atoms with van der Waals surface area (Å²) in [4.78, 5) is 6.61. The van der Waals surface area contributed by atoms with E-state index in [4.69, 9.17) is 0 Å². The van der Waals surface area contributed by atoms with Gasteiger partial charge in [-0.05, 0) is 54.6 Å². The summed E-state index contributed by atoms with van der Waals surface area (Å²) in [5, 5.41) is 0. The molecule has 0 aromatic heterocycles. The Kier molecular flexibility index (Phi) is 11.0. The number of benzene rings is 6. The van der Waals surface area contributed by atoms with Crippen LogP contribution in [0.2, 0.25) is 0 Å². The summed E-state index contributed by atoms with van der Waals surface area (Å²) in [6, 6.07) is 56.4. The van der Waals surface area contributed by atoms with E-state index in [1.807, 2.05) is 18.2 Å². The van der Waals surface area contributed by atoms with E-state index in [0.29, 0.717) is 0 Å². The van der Waals surface area contributed by atoms with Crippen molar-refractivity contribution in [1.29, 1.82) is 0 Å². The van der Waals surface area contributed by atoms with E-state index in [1.165, 1.54) is 50.8 Å². The maximum atomic E-state index is 2.20. The van der Waals surface area contributed by atoms with Gasteiger partial charge < -0.3 is 14.7 Å². The van der Waals surface area contributed by atoms with Gasteiger partial charge in [0, 0.05) is 34.1 Å². The monoisotopic (exact) mass is 811 g/mol. The van der Waals surface area contributed by atoms with Crippen molar-refractivity contribution in [1.82, 2.24) is 0 Å². The van der Waals surface area contributed by atoms with Gasteiger partial charge in [0.15, 0.2) is 0 Å². The standard InChI is InChI=1S/3C15H12N.Ir/c3*1-2-9-14(10-3-1)16-12-6-8-13-7-4-5-11-15(13)16;/h3*1-12H;/q3*-1;+3. The van der Waals surface area contributed by atoms with Crippen LogP contribution >= 0.6 is 0 Å². The first kappa shape index (κ1) is 33.1. The predicted octanol–water partition coefficient (Wildman–Crippen LogP) is 12.0. The van der Waals surface area contributed by atoms with Crippen LogP contribution in [-0.2, 0) is 20.1 Å². The molecule has 4 heteroatoms. The molecule has 0 bridgehead atoms. The minimum atomic E-state index is 0. The summed E-state index contributed by atoms with van der Waals surface area (Å²) in [7, 11) is 0. The van der Waals surface area contributed by atoms with Crippen molar-refractivity contribution in [3.8, 4) is 0 Å². The zero-order valence-corrected chi connectivity index (χ0v) is 29.4. The van der Waals surface area contributed by atoms with Gasteiger partial charge in [-0.25, -0.2) is 18.2 Å². The van der Waals surface area contributed by atoms with Crippen LogP contribution < -0.4 is 14.7 Å². The summed E-state index contributed by atoms with van der Waals surface area (Å²) in [5.41, 5.74) is 11.1. The van der Waals surface area contributed by atoms with E-state index in [0.717, 1.165) is 0 Å². The number of hydrogen-bond acceptors (Lipinski definition) is 3. The first-order chi connectivity index (χ1) is 23.8. The Hall–Kier alpha value is -5.80. The van der Waals surface area contributed by atoms with Gasteiger partial charge in [-0.1, -0.05) is 126 Å². The van der Waals surface area contributed by atoms with Gasteiger partial charge in [0.05, 0.1) is 0 Å². The third-order valence-corrected chi connectivity index (χ3v) is 8.22. The molecular weight excluding hydrogens is 775 g/mol. The van der Waals surface area contributed by atoms with Gasteiger partial charge in [-0.3, -0.25) is 0 Å². The first-order valence-electron chi connectivity index (χ1n) is 16.2. The van der Waals surface area contributed by atoms with E-state index in [9.17, 15) is 0 Å². The molecule has 6 aromatic carbocycles. The Bertz CT molecular complexity index is 1780. The average Bonchev–Trinajstić information content (AvgIpc) is 3.19. The van der Waals surface area contributed by atoms with Crippen molar-refractivity contribution < 1.29 is 20.1 Å². The van der Waals surface area contributed by atoms with Crippen LogP contribution in [0.1, 0.15) is 16.7 Å². The van der Waals surface area contributed by atoms with Crippen LogP contribution in [0.4, 0.5) is 34.1 Å². The fourth-order valence-corrected chi connectivity index (χ4v) is 5.92. The first-order valence-corrected chi connectivity index (χ1v) is 16.2. The second kappa shape index (κ2) is 16.3. The third-order valence-electron chi connectivity index (χ3n) is 8.22. The van der Waals surface area contributed by atoms with E-state index in [2.05, 4.69) is 216 Å². The van der Waals surface area contributed by atoms with Crippen LogP contribution in [0.15, 0.2) is 182 Å². The van der Waals surface area contributed by atoms with E-state index in [-0.39, 0.29) is 20.1 Å². The van der Waals surface area contributed by atoms with E-state index >= 15 is 0 Å². The Morgan fingerprint density at radius 1 is 0.286 bits per heavy atom. The average molecular weight is 811 g/mol. The number of rotatable bonds is 3. The molecule has 49 heavy (non-hydrogen) atoms. The Labute approximate surface area is 304 Å². The number of hydrogen-bond donors (Lipinski definition) is 0. The molecule has 3 heterocycles. The van der Waals surface area contributed by atoms with Gasteiger partial charge in [0.25, 0.3) is 0 Å². The van der Waals surface area contributed by atoms with Crippen LogP contribution in [0.25, 0.3) is 18.2 Å². The molecule has 0 saturated heterocycles. The summed E-state index contributed by atoms with van der Waals surface area (Å²) in [5.74, 6) is 0. The molecule has 0 atom stereocenters. The second-order valence-electron chi connectivity index (χ2n) is 11.3. The summed E-state index contributed by atoms with van der Waals surface area (Å²) in [6.45, 7) is 6.28. The molecule has 0 fully saturated rings. The van der Waals surface area contributed by atoms with Gasteiger partial charge in [0.2, 0.25) is 0 Å². The van der Waals surface area contributed by atoms with Crippen LogP contribution in [0, 0.1) is 19.6 Å². The second-order valence-corrected chi connectivity index (χ2v) is 11.3. The topological polar surface area (TPSA) is 9.72 Å². The Morgan fingerprint density at radius 3 is 0.816 bits per heavy atom. The molecule has 0 saturated carbocycles. The van der Waals surface area contributed by atoms with Gasteiger partial charge in [-0.15, -0.1) is 19.6 Å². The van der Waals surface area contributed by atoms with Crippen LogP contribution in [-0.4, -0.2) is 0 Å². The quantitative estimate of drug-likeness (QED) is 0.165. The molecule has 0 N–H and O–H groups in total. The zero-order valence-electron chi connectivity index (χ0n) is 27.0. The maximum absolute atomic E-state index is 2.20. The van der Waals surface area contributed by atoms with Crippen molar-refractivity contribution in [2.24, 2.45) is 0 Å². The molecule has 9 rings (SSSR count). The van der Waals surface area contributed by atoms with Crippen molar-refractivity contribution in [2.75, 3.05) is 14.7 Å². The van der Waals surface area contributed by atoms with Gasteiger partial charge in [0.1, 0.15) is 0 Å². The fraction of sp³-hybridized carbons (Fsp3) is 0. The number of para-hydroxylation sites is 6. The minimum Gasteiger partial charge on any atom is -0.399 e. The summed E-state index contributed by atoms with van der Waals surface area (Å²) < 4.78 is 0. The van der Waals surface area contributed by atoms with Gasteiger partial charge >= 0.3 is 20.1 Å². The SMILES string of the molecule is C1=Cc2ccccc2N(c2ccccc2)[CH-]1.C1=Cc2ccccc2N(c2ccccc2)[CH-]1.C1=Cc2ccccc2N(c2ccccc2)[CH-]1.[Ir+3]. The van der Waals surface area contributed by atoms with Crippen molar-refractivity contribution in [2.45, 2.75) is 0 Å². The normalized spacial score (nSPS) is 12.9. The molecule has 240 valence electrons. The molecule has 0 amide bonds. The van der Waals surface area contributed by atoms with E-state index < -0.39 is 0 Å². The van der Waals surface area contributed by atoms with E-state index in [1.54, 1.807) is 0 Å². The fourth-order valence-electron chi connectivity index (χ4n) is 5.92. The van der Waals surface area contributed by atoms with Crippen molar-refractivity contribution >= 4 is 52.4 Å². The molecule has 0 unspecified atom stereocenters. The molecule has 0 spiro atoms. The maximum Gasteiger partial charge on any atom is 3.00 e. The molecule has 0 aliphatic carbocycles. The van der Waals surface area contributed by atoms with Crippen LogP contribution in [0.3, 0.4) is 0 Å². The predicted molar refractivity (Wildman–Crippen MR) is 205 cm³/mol. The number of anilines is 6. The largest absolute Gasteiger partial charge is 3.00 e. The summed E-state index contributed by atoms with van der Waals surface area (Å²) in [6.07, 6.45) is 12.6. The molecular formula is C45H36IrN3. The number of fused-ring (bicyclic) bond motifs is 3. The Morgan fingerprint density at radius 2 is 0.531 bits per heavy atom. The molecule has 3 nitrogen and oxygen atoms in total.